The number of benzene rings is 1. The van der Waals surface area contributed by atoms with Crippen LogP contribution in [0.4, 0.5) is 0 Å². The van der Waals surface area contributed by atoms with E-state index in [9.17, 15) is 18.3 Å². The summed E-state index contributed by atoms with van der Waals surface area (Å²) in [6.45, 7) is 0. The summed E-state index contributed by atoms with van der Waals surface area (Å²) >= 11 is 3.34. The third kappa shape index (κ3) is 4.26. The van der Waals surface area contributed by atoms with Gasteiger partial charge in [-0.05, 0) is 24.5 Å². The number of carboxylic acids is 1. The molecule has 1 aliphatic carbocycles. The van der Waals surface area contributed by atoms with E-state index in [1.165, 1.54) is 11.4 Å². The highest BCUT2D eigenvalue weighted by atomic mass is 79.9. The summed E-state index contributed by atoms with van der Waals surface area (Å²) in [5.74, 6) is -1.20. The Morgan fingerprint density at radius 1 is 1.48 bits per heavy atom. The fourth-order valence-electron chi connectivity index (χ4n) is 1.96. The number of nitrogens with one attached hydrogen (secondary N) is 1. The molecule has 0 heterocycles. The average Bonchev–Trinajstić information content (AvgIpc) is 3.23. The molecule has 2 N–H and O–H groups in total. The van der Waals surface area contributed by atoms with E-state index in [4.69, 9.17) is 0 Å². The van der Waals surface area contributed by atoms with E-state index in [1.54, 1.807) is 18.2 Å². The largest absolute Gasteiger partial charge is 0.480 e. The Balaban J connectivity index is 2.13. The molecule has 0 saturated heterocycles. The Hall–Kier alpha value is -0.960. The highest BCUT2D eigenvalue weighted by Gasteiger charge is 2.36. The minimum absolute atomic E-state index is 0.0135. The number of hydrogen-bond acceptors (Lipinski definition) is 3. The minimum Gasteiger partial charge on any atom is -0.480 e. The van der Waals surface area contributed by atoms with Crippen molar-refractivity contribution in [3.05, 3.63) is 34.3 Å². The Labute approximate surface area is 132 Å². The molecule has 1 aromatic rings. The van der Waals surface area contributed by atoms with Gasteiger partial charge in [-0.15, -0.1) is 0 Å². The summed E-state index contributed by atoms with van der Waals surface area (Å²) in [6.07, 6.45) is 1.72. The summed E-state index contributed by atoms with van der Waals surface area (Å²) < 4.78 is 28.5. The third-order valence-corrected chi connectivity index (χ3v) is 5.82. The molecule has 8 heteroatoms. The summed E-state index contributed by atoms with van der Waals surface area (Å²) in [5, 5.41) is 9.26. The first kappa shape index (κ1) is 16.4. The lowest BCUT2D eigenvalue weighted by Crippen LogP contribution is -2.48. The van der Waals surface area contributed by atoms with Crippen molar-refractivity contribution in [1.82, 2.24) is 9.03 Å². The maximum absolute atomic E-state index is 12.1. The highest BCUT2D eigenvalue weighted by Crippen LogP contribution is 2.27. The number of nitrogens with zero attached hydrogens (tertiary/aromatic N) is 1. The zero-order chi connectivity index (χ0) is 15.6. The van der Waals surface area contributed by atoms with Crippen LogP contribution in [0.5, 0.6) is 0 Å². The number of carboxylic acid groups (broad SMARTS) is 1. The van der Waals surface area contributed by atoms with Crippen molar-refractivity contribution in [2.75, 3.05) is 7.05 Å². The van der Waals surface area contributed by atoms with Crippen LogP contribution in [0.25, 0.3) is 0 Å². The molecule has 1 unspecified atom stereocenters. The minimum atomic E-state index is -3.79. The Bertz CT molecular complexity index is 631. The van der Waals surface area contributed by atoms with Crippen LogP contribution in [0.1, 0.15) is 18.4 Å². The molecule has 1 saturated carbocycles. The molecule has 2 rings (SSSR count). The molecule has 1 aliphatic rings. The van der Waals surface area contributed by atoms with Gasteiger partial charge in [-0.2, -0.15) is 17.4 Å². The van der Waals surface area contributed by atoms with Gasteiger partial charge in [0.25, 0.3) is 10.2 Å². The molecule has 0 amide bonds. The van der Waals surface area contributed by atoms with Crippen molar-refractivity contribution in [3.8, 4) is 0 Å². The van der Waals surface area contributed by atoms with Gasteiger partial charge in [0.1, 0.15) is 6.04 Å². The van der Waals surface area contributed by atoms with E-state index >= 15 is 0 Å². The maximum Gasteiger partial charge on any atom is 0.322 e. The van der Waals surface area contributed by atoms with Gasteiger partial charge in [-0.3, -0.25) is 4.79 Å². The van der Waals surface area contributed by atoms with Crippen LogP contribution in [0.15, 0.2) is 28.7 Å². The number of rotatable bonds is 7. The molecule has 0 aromatic heterocycles. The van der Waals surface area contributed by atoms with Gasteiger partial charge >= 0.3 is 5.97 Å². The third-order valence-electron chi connectivity index (χ3n) is 3.41. The van der Waals surface area contributed by atoms with Crippen molar-refractivity contribution in [2.45, 2.75) is 31.3 Å². The van der Waals surface area contributed by atoms with Crippen molar-refractivity contribution in [1.29, 1.82) is 0 Å². The molecule has 116 valence electrons. The lowest BCUT2D eigenvalue weighted by molar-refractivity contribution is -0.138. The molecule has 1 aromatic carbocycles. The second kappa shape index (κ2) is 6.43. The van der Waals surface area contributed by atoms with E-state index in [1.807, 2.05) is 6.07 Å². The first-order valence-corrected chi connectivity index (χ1v) is 8.76. The van der Waals surface area contributed by atoms with Crippen molar-refractivity contribution < 1.29 is 18.3 Å². The van der Waals surface area contributed by atoms with Gasteiger partial charge in [-0.1, -0.05) is 34.1 Å². The Kier molecular flexibility index (Phi) is 5.03. The molecular formula is C13H17BrN2O4S. The van der Waals surface area contributed by atoms with Gasteiger partial charge in [0.2, 0.25) is 0 Å². The summed E-state index contributed by atoms with van der Waals surface area (Å²) in [4.78, 5) is 11.3. The zero-order valence-electron chi connectivity index (χ0n) is 11.5. The van der Waals surface area contributed by atoms with Crippen molar-refractivity contribution >= 4 is 32.1 Å². The second-order valence-corrected chi connectivity index (χ2v) is 7.67. The van der Waals surface area contributed by atoms with Gasteiger partial charge in [-0.25, -0.2) is 0 Å². The van der Waals surface area contributed by atoms with Gasteiger partial charge in [0, 0.05) is 24.0 Å². The molecule has 0 aliphatic heterocycles. The second-order valence-electron chi connectivity index (χ2n) is 5.06. The molecule has 0 spiro atoms. The van der Waals surface area contributed by atoms with Gasteiger partial charge < -0.3 is 5.11 Å². The first-order chi connectivity index (χ1) is 9.81. The predicted molar refractivity (Wildman–Crippen MR) is 82.1 cm³/mol. The summed E-state index contributed by atoms with van der Waals surface area (Å²) in [5.41, 5.74) is 0.738. The molecule has 6 nitrogen and oxygen atoms in total. The van der Waals surface area contributed by atoms with Crippen LogP contribution in [0.2, 0.25) is 0 Å². The quantitative estimate of drug-likeness (QED) is 0.752. The number of halogens is 1. The SMILES string of the molecule is CN(C1CC1)S(=O)(=O)NC(Cc1ccccc1Br)C(=O)O. The Morgan fingerprint density at radius 2 is 2.10 bits per heavy atom. The van der Waals surface area contributed by atoms with Crippen LogP contribution in [-0.4, -0.2) is 42.9 Å². The van der Waals surface area contributed by atoms with Crippen LogP contribution >= 0.6 is 15.9 Å². The molecule has 21 heavy (non-hydrogen) atoms. The fraction of sp³-hybridized carbons (Fsp3) is 0.462. The van der Waals surface area contributed by atoms with Crippen LogP contribution in [0, 0.1) is 0 Å². The number of hydrogen-bond donors (Lipinski definition) is 2. The van der Waals surface area contributed by atoms with Crippen molar-refractivity contribution in [3.63, 3.8) is 0 Å². The van der Waals surface area contributed by atoms with Crippen LogP contribution in [-0.2, 0) is 21.4 Å². The molecular weight excluding hydrogens is 360 g/mol. The Morgan fingerprint density at radius 3 is 2.62 bits per heavy atom. The predicted octanol–water partition coefficient (Wildman–Crippen LogP) is 1.37. The van der Waals surface area contributed by atoms with Gasteiger partial charge in [0.15, 0.2) is 0 Å². The first-order valence-electron chi connectivity index (χ1n) is 6.53. The monoisotopic (exact) mass is 376 g/mol. The number of aliphatic carboxylic acids is 1. The zero-order valence-corrected chi connectivity index (χ0v) is 13.9. The highest BCUT2D eigenvalue weighted by molar-refractivity contribution is 9.10. The van der Waals surface area contributed by atoms with Gasteiger partial charge in [0.05, 0.1) is 0 Å². The normalized spacial score (nSPS) is 16.9. The van der Waals surface area contributed by atoms with E-state index in [0.717, 1.165) is 22.9 Å². The smallest absolute Gasteiger partial charge is 0.322 e. The van der Waals surface area contributed by atoms with Crippen LogP contribution in [0.3, 0.4) is 0 Å². The van der Waals surface area contributed by atoms with E-state index < -0.39 is 22.2 Å². The average molecular weight is 377 g/mol. The summed E-state index contributed by atoms with van der Waals surface area (Å²) in [7, 11) is -2.32. The van der Waals surface area contributed by atoms with E-state index in [-0.39, 0.29) is 12.5 Å². The maximum atomic E-state index is 12.1. The van der Waals surface area contributed by atoms with E-state index in [0.29, 0.717) is 0 Å². The fourth-order valence-corrected chi connectivity index (χ4v) is 3.72. The number of carbonyl (C=O) groups is 1. The molecule has 1 atom stereocenters. The lowest BCUT2D eigenvalue weighted by atomic mass is 10.1. The topological polar surface area (TPSA) is 86.7 Å². The molecule has 0 bridgehead atoms. The van der Waals surface area contributed by atoms with Crippen LogP contribution < -0.4 is 4.72 Å². The molecule has 1 fully saturated rings. The lowest BCUT2D eigenvalue weighted by Gasteiger charge is -2.21. The summed E-state index contributed by atoms with van der Waals surface area (Å²) in [6, 6.07) is 5.94. The standard InChI is InChI=1S/C13H17BrN2O4S/c1-16(10-6-7-10)21(19,20)15-12(13(17)18)8-9-4-2-3-5-11(9)14/h2-5,10,12,15H,6-8H2,1H3,(H,17,18). The van der Waals surface area contributed by atoms with E-state index in [2.05, 4.69) is 20.7 Å². The molecule has 0 radical (unpaired) electrons. The van der Waals surface area contributed by atoms with Crippen molar-refractivity contribution in [2.24, 2.45) is 0 Å².